The van der Waals surface area contributed by atoms with Crippen molar-refractivity contribution < 1.29 is 0 Å². The molecule has 0 saturated heterocycles. The van der Waals surface area contributed by atoms with Crippen molar-refractivity contribution >= 4 is 11.0 Å². The summed E-state index contributed by atoms with van der Waals surface area (Å²) in [6, 6.07) is 25.5. The highest BCUT2D eigenvalue weighted by Gasteiger charge is 2.13. The lowest BCUT2D eigenvalue weighted by molar-refractivity contribution is 0.721. The molecule has 0 aliphatic carbocycles. The summed E-state index contributed by atoms with van der Waals surface area (Å²) >= 11 is 0. The number of benzene rings is 3. The lowest BCUT2D eigenvalue weighted by atomic mass is 9.96. The molecule has 1 heterocycles. The molecule has 0 aliphatic rings. The van der Waals surface area contributed by atoms with Gasteiger partial charge in [-0.1, -0.05) is 67.6 Å². The van der Waals surface area contributed by atoms with Gasteiger partial charge in [0.2, 0.25) is 0 Å². The van der Waals surface area contributed by atoms with Gasteiger partial charge in [-0.3, -0.25) is 0 Å². The maximum Gasteiger partial charge on any atom is 0.110 e. The molecule has 0 aliphatic heterocycles. The van der Waals surface area contributed by atoms with E-state index in [1.165, 1.54) is 16.6 Å². The molecule has 0 saturated carbocycles. The Balaban J connectivity index is 1.77. The molecule has 0 amide bonds. The van der Waals surface area contributed by atoms with Gasteiger partial charge >= 0.3 is 0 Å². The van der Waals surface area contributed by atoms with Crippen LogP contribution in [-0.2, 0) is 19.4 Å². The van der Waals surface area contributed by atoms with Gasteiger partial charge in [0.25, 0.3) is 0 Å². The molecule has 3 aromatic carbocycles. The molecular formula is C26H25N3. The first-order chi connectivity index (χ1) is 14.2. The van der Waals surface area contributed by atoms with E-state index >= 15 is 0 Å². The number of aryl methyl sites for hydroxylation is 2. The molecule has 1 aromatic heterocycles. The number of fused-ring (bicyclic) bond motifs is 1. The average molecular weight is 380 g/mol. The Labute approximate surface area is 172 Å². The fourth-order valence-corrected chi connectivity index (χ4v) is 3.98. The van der Waals surface area contributed by atoms with Gasteiger partial charge in [-0.25, -0.2) is 4.98 Å². The first kappa shape index (κ1) is 19.0. The van der Waals surface area contributed by atoms with E-state index in [-0.39, 0.29) is 0 Å². The molecule has 0 N–H and O–H groups in total. The predicted octanol–water partition coefficient (Wildman–Crippen LogP) is 6.08. The second-order valence-corrected chi connectivity index (χ2v) is 7.50. The van der Waals surface area contributed by atoms with Crippen LogP contribution in [0.2, 0.25) is 0 Å². The van der Waals surface area contributed by atoms with Gasteiger partial charge in [-0.05, 0) is 47.2 Å². The molecule has 0 unspecified atom stereocenters. The Kier molecular flexibility index (Phi) is 5.44. The van der Waals surface area contributed by atoms with E-state index in [1.54, 1.807) is 0 Å². The Hall–Kier alpha value is -3.38. The normalized spacial score (nSPS) is 10.9. The smallest absolute Gasteiger partial charge is 0.110 e. The summed E-state index contributed by atoms with van der Waals surface area (Å²) in [4.78, 5) is 4.93. The summed E-state index contributed by atoms with van der Waals surface area (Å²) in [5.74, 6) is 1.13. The quantitative estimate of drug-likeness (QED) is 0.407. The number of nitrogens with zero attached hydrogens (tertiary/aromatic N) is 3. The fraction of sp³-hybridized carbons (Fsp3) is 0.231. The second-order valence-electron chi connectivity index (χ2n) is 7.50. The molecule has 3 nitrogen and oxygen atoms in total. The highest BCUT2D eigenvalue weighted by atomic mass is 15.1. The lowest BCUT2D eigenvalue weighted by Crippen LogP contribution is -2.06. The van der Waals surface area contributed by atoms with Crippen molar-refractivity contribution in [2.45, 2.75) is 39.7 Å². The lowest BCUT2D eigenvalue weighted by Gasteiger charge is -2.13. The Morgan fingerprint density at radius 1 is 1.00 bits per heavy atom. The second kappa shape index (κ2) is 8.32. The monoisotopic (exact) mass is 379 g/mol. The average Bonchev–Trinajstić information content (AvgIpc) is 3.08. The minimum Gasteiger partial charge on any atom is -0.323 e. The van der Waals surface area contributed by atoms with Gasteiger partial charge in [-0.15, -0.1) is 0 Å². The molecule has 3 heteroatoms. The van der Waals surface area contributed by atoms with Crippen LogP contribution in [0.25, 0.3) is 22.2 Å². The minimum atomic E-state index is 0.406. The Morgan fingerprint density at radius 2 is 1.83 bits per heavy atom. The van der Waals surface area contributed by atoms with Crippen molar-refractivity contribution in [3.05, 3.63) is 89.2 Å². The topological polar surface area (TPSA) is 41.6 Å². The largest absolute Gasteiger partial charge is 0.323 e. The standard InChI is InChI=1S/C26H25N3/c1-3-8-25-28-26-19(2)9-7-12-24(26)29(25)18-20-13-14-23(22(17-20)15-16-27)21-10-5-4-6-11-21/h4-7,9-14,17H,3,8,15,18H2,1-2H3. The zero-order valence-corrected chi connectivity index (χ0v) is 17.0. The zero-order chi connectivity index (χ0) is 20.2. The van der Waals surface area contributed by atoms with Crippen molar-refractivity contribution in [2.24, 2.45) is 0 Å². The summed E-state index contributed by atoms with van der Waals surface area (Å²) in [5.41, 5.74) is 8.05. The van der Waals surface area contributed by atoms with Crippen LogP contribution in [-0.4, -0.2) is 9.55 Å². The van der Waals surface area contributed by atoms with Gasteiger partial charge < -0.3 is 4.57 Å². The number of hydrogen-bond acceptors (Lipinski definition) is 2. The SMILES string of the molecule is CCCc1nc2c(C)cccc2n1Cc1ccc(-c2ccccc2)c(CC#N)c1. The van der Waals surface area contributed by atoms with Crippen molar-refractivity contribution in [3.8, 4) is 17.2 Å². The van der Waals surface area contributed by atoms with Crippen LogP contribution in [0.5, 0.6) is 0 Å². The van der Waals surface area contributed by atoms with E-state index in [2.05, 4.69) is 73.0 Å². The highest BCUT2D eigenvalue weighted by molar-refractivity contribution is 5.79. The summed E-state index contributed by atoms with van der Waals surface area (Å²) in [6.07, 6.45) is 2.43. The molecule has 0 bridgehead atoms. The van der Waals surface area contributed by atoms with Gasteiger partial charge in [0.15, 0.2) is 0 Å². The third-order valence-electron chi connectivity index (χ3n) is 5.40. The highest BCUT2D eigenvalue weighted by Crippen LogP contribution is 2.27. The van der Waals surface area contributed by atoms with Crippen LogP contribution >= 0.6 is 0 Å². The fourth-order valence-electron chi connectivity index (χ4n) is 3.98. The maximum atomic E-state index is 9.36. The van der Waals surface area contributed by atoms with E-state index < -0.39 is 0 Å². The van der Waals surface area contributed by atoms with E-state index in [0.717, 1.165) is 47.4 Å². The van der Waals surface area contributed by atoms with Crippen LogP contribution in [0.15, 0.2) is 66.7 Å². The van der Waals surface area contributed by atoms with Crippen molar-refractivity contribution in [1.29, 1.82) is 5.26 Å². The molecule has 0 fully saturated rings. The summed E-state index contributed by atoms with van der Waals surface area (Å²) < 4.78 is 2.33. The first-order valence-corrected chi connectivity index (χ1v) is 10.2. The van der Waals surface area contributed by atoms with E-state index in [4.69, 9.17) is 4.98 Å². The van der Waals surface area contributed by atoms with Gasteiger partial charge in [0.05, 0.1) is 23.5 Å². The molecule has 29 heavy (non-hydrogen) atoms. The third kappa shape index (κ3) is 3.79. The van der Waals surface area contributed by atoms with E-state index in [9.17, 15) is 5.26 Å². The van der Waals surface area contributed by atoms with Crippen LogP contribution in [0.3, 0.4) is 0 Å². The van der Waals surface area contributed by atoms with Crippen molar-refractivity contribution in [3.63, 3.8) is 0 Å². The Bertz CT molecular complexity index is 1180. The maximum absolute atomic E-state index is 9.36. The van der Waals surface area contributed by atoms with Gasteiger partial charge in [0, 0.05) is 13.0 Å². The Morgan fingerprint density at radius 3 is 2.59 bits per heavy atom. The third-order valence-corrected chi connectivity index (χ3v) is 5.40. The van der Waals surface area contributed by atoms with E-state index in [0.29, 0.717) is 6.42 Å². The van der Waals surface area contributed by atoms with Crippen LogP contribution < -0.4 is 0 Å². The van der Waals surface area contributed by atoms with Crippen LogP contribution in [0.4, 0.5) is 0 Å². The van der Waals surface area contributed by atoms with Crippen LogP contribution in [0, 0.1) is 18.3 Å². The van der Waals surface area contributed by atoms with Crippen molar-refractivity contribution in [2.75, 3.05) is 0 Å². The number of hydrogen-bond donors (Lipinski definition) is 0. The molecule has 144 valence electrons. The van der Waals surface area contributed by atoms with Gasteiger partial charge in [0.1, 0.15) is 5.82 Å². The number of para-hydroxylation sites is 1. The molecule has 0 atom stereocenters. The summed E-state index contributed by atoms with van der Waals surface area (Å²) in [5, 5.41) is 9.36. The predicted molar refractivity (Wildman–Crippen MR) is 119 cm³/mol. The summed E-state index contributed by atoms with van der Waals surface area (Å²) in [7, 11) is 0. The van der Waals surface area contributed by atoms with Gasteiger partial charge in [-0.2, -0.15) is 5.26 Å². The molecular weight excluding hydrogens is 354 g/mol. The number of nitriles is 1. The summed E-state index contributed by atoms with van der Waals surface area (Å²) in [6.45, 7) is 5.08. The van der Waals surface area contributed by atoms with Crippen molar-refractivity contribution in [1.82, 2.24) is 9.55 Å². The molecule has 0 radical (unpaired) electrons. The van der Waals surface area contributed by atoms with Crippen LogP contribution in [0.1, 0.15) is 35.9 Å². The molecule has 4 aromatic rings. The first-order valence-electron chi connectivity index (χ1n) is 10.2. The number of imidazole rings is 1. The van der Waals surface area contributed by atoms with E-state index in [1.807, 2.05) is 18.2 Å². The zero-order valence-electron chi connectivity index (χ0n) is 17.0. The number of rotatable bonds is 6. The number of aromatic nitrogens is 2. The minimum absolute atomic E-state index is 0.406. The molecule has 0 spiro atoms. The molecule has 4 rings (SSSR count).